The molecule has 0 fully saturated rings. The highest BCUT2D eigenvalue weighted by atomic mass is 16.6. The second kappa shape index (κ2) is 14.6. The standard InChI is InChI=1S/C39H60O6/c1-14-15-27(45-33(41)19-17-26-22-30(38(8,9)10)35(43)31(23-26)39(11,12)13)24-44-32(40)18-16-25-20-28(36(2,3)4)34(42)29(21-25)37(5,6)7/h20-23,27,42-43H,14-19,24H2,1-13H3. The summed E-state index contributed by atoms with van der Waals surface area (Å²) in [6, 6.07) is 7.96. The van der Waals surface area contributed by atoms with E-state index in [1.165, 1.54) is 0 Å². The maximum Gasteiger partial charge on any atom is 0.306 e. The Morgan fingerprint density at radius 3 is 1.27 bits per heavy atom. The molecule has 252 valence electrons. The van der Waals surface area contributed by atoms with Crippen LogP contribution in [0.15, 0.2) is 24.3 Å². The number of phenolic OH excluding ortho intramolecular Hbond substituents is 2. The second-order valence-electron chi connectivity index (χ2n) is 16.7. The lowest BCUT2D eigenvalue weighted by Gasteiger charge is -2.28. The molecule has 1 unspecified atom stereocenters. The second-order valence-corrected chi connectivity index (χ2v) is 16.7. The van der Waals surface area contributed by atoms with Gasteiger partial charge in [-0.15, -0.1) is 0 Å². The van der Waals surface area contributed by atoms with E-state index in [1.807, 2.05) is 31.2 Å². The Morgan fingerprint density at radius 2 is 0.956 bits per heavy atom. The van der Waals surface area contributed by atoms with E-state index in [1.54, 1.807) is 0 Å². The van der Waals surface area contributed by atoms with Crippen LogP contribution in [0.25, 0.3) is 0 Å². The first-order chi connectivity index (χ1) is 20.4. The van der Waals surface area contributed by atoms with Crippen molar-refractivity contribution in [2.75, 3.05) is 6.61 Å². The molecule has 2 rings (SSSR count). The number of aryl methyl sites for hydroxylation is 2. The van der Waals surface area contributed by atoms with E-state index in [9.17, 15) is 19.8 Å². The first-order valence-electron chi connectivity index (χ1n) is 16.5. The molecule has 0 heterocycles. The molecule has 2 N–H and O–H groups in total. The van der Waals surface area contributed by atoms with Crippen molar-refractivity contribution in [3.63, 3.8) is 0 Å². The summed E-state index contributed by atoms with van der Waals surface area (Å²) in [5.41, 5.74) is 4.44. The van der Waals surface area contributed by atoms with Crippen LogP contribution in [0.5, 0.6) is 11.5 Å². The molecule has 0 aliphatic carbocycles. The number of ether oxygens (including phenoxy) is 2. The van der Waals surface area contributed by atoms with Crippen molar-refractivity contribution < 1.29 is 29.3 Å². The molecule has 0 aliphatic heterocycles. The third-order valence-electron chi connectivity index (χ3n) is 8.15. The van der Waals surface area contributed by atoms with E-state index in [0.717, 1.165) is 39.8 Å². The molecule has 0 radical (unpaired) electrons. The SMILES string of the molecule is CCCC(COC(=O)CCc1cc(C(C)(C)C)c(O)c(C(C)(C)C)c1)OC(=O)CCc1cc(C(C)(C)C)c(O)c(C(C)(C)C)c1. The number of carbonyl (C=O) groups is 2. The lowest BCUT2D eigenvalue weighted by atomic mass is 9.78. The molecular formula is C39H60O6. The summed E-state index contributed by atoms with van der Waals surface area (Å²) in [5.74, 6) is -0.0369. The summed E-state index contributed by atoms with van der Waals surface area (Å²) < 4.78 is 11.4. The molecule has 6 nitrogen and oxygen atoms in total. The lowest BCUT2D eigenvalue weighted by molar-refractivity contribution is -0.159. The fourth-order valence-electron chi connectivity index (χ4n) is 5.46. The summed E-state index contributed by atoms with van der Waals surface area (Å²) in [4.78, 5) is 25.7. The third kappa shape index (κ3) is 11.1. The van der Waals surface area contributed by atoms with Gasteiger partial charge in [-0.2, -0.15) is 0 Å². The Kier molecular flexibility index (Phi) is 12.4. The molecule has 45 heavy (non-hydrogen) atoms. The van der Waals surface area contributed by atoms with Crippen LogP contribution in [-0.2, 0) is 53.6 Å². The maximum absolute atomic E-state index is 12.9. The van der Waals surface area contributed by atoms with Gasteiger partial charge >= 0.3 is 11.9 Å². The van der Waals surface area contributed by atoms with E-state index in [-0.39, 0.29) is 53.0 Å². The van der Waals surface area contributed by atoms with E-state index in [0.29, 0.717) is 30.8 Å². The fourth-order valence-corrected chi connectivity index (χ4v) is 5.46. The number of aromatic hydroxyl groups is 2. The van der Waals surface area contributed by atoms with Crippen LogP contribution in [0.3, 0.4) is 0 Å². The maximum atomic E-state index is 12.9. The van der Waals surface area contributed by atoms with Crippen molar-refractivity contribution in [3.05, 3.63) is 57.6 Å². The van der Waals surface area contributed by atoms with Crippen molar-refractivity contribution in [2.24, 2.45) is 0 Å². The van der Waals surface area contributed by atoms with Gasteiger partial charge in [0.2, 0.25) is 0 Å². The van der Waals surface area contributed by atoms with Gasteiger partial charge < -0.3 is 19.7 Å². The van der Waals surface area contributed by atoms with Gasteiger partial charge in [-0.3, -0.25) is 9.59 Å². The minimum absolute atomic E-state index is 0.0238. The largest absolute Gasteiger partial charge is 0.507 e. The Labute approximate surface area is 272 Å². The first kappa shape index (κ1) is 38.2. The summed E-state index contributed by atoms with van der Waals surface area (Å²) in [7, 11) is 0. The molecule has 2 aromatic carbocycles. The molecule has 1 atom stereocenters. The summed E-state index contributed by atoms with van der Waals surface area (Å²) >= 11 is 0. The van der Waals surface area contributed by atoms with E-state index < -0.39 is 6.10 Å². The Hall–Kier alpha value is -3.02. The molecule has 6 heteroatoms. The van der Waals surface area contributed by atoms with Crippen molar-refractivity contribution in [2.45, 2.75) is 156 Å². The molecule has 0 aliphatic rings. The molecule has 0 bridgehead atoms. The fraction of sp³-hybridized carbons (Fsp3) is 0.641. The van der Waals surface area contributed by atoms with Gasteiger partial charge in [0.05, 0.1) is 0 Å². The zero-order chi connectivity index (χ0) is 34.5. The number of hydrogen-bond donors (Lipinski definition) is 2. The molecular weight excluding hydrogens is 564 g/mol. The van der Waals surface area contributed by atoms with E-state index >= 15 is 0 Å². The number of phenols is 2. The van der Waals surface area contributed by atoms with Crippen molar-refractivity contribution >= 4 is 11.9 Å². The van der Waals surface area contributed by atoms with Crippen LogP contribution in [0.2, 0.25) is 0 Å². The Bertz CT molecular complexity index is 1260. The van der Waals surface area contributed by atoms with Gasteiger partial charge in [-0.05, 0) is 74.3 Å². The number of rotatable bonds is 11. The monoisotopic (exact) mass is 624 g/mol. The molecule has 0 saturated heterocycles. The van der Waals surface area contributed by atoms with Crippen molar-refractivity contribution in [1.29, 1.82) is 0 Å². The smallest absolute Gasteiger partial charge is 0.306 e. The Morgan fingerprint density at radius 1 is 0.622 bits per heavy atom. The van der Waals surface area contributed by atoms with Gasteiger partial charge in [0, 0.05) is 12.8 Å². The predicted octanol–water partition coefficient (Wildman–Crippen LogP) is 9.11. The van der Waals surface area contributed by atoms with Crippen molar-refractivity contribution in [3.8, 4) is 11.5 Å². The quantitative estimate of drug-likeness (QED) is 0.242. The highest BCUT2D eigenvalue weighted by Gasteiger charge is 2.28. The van der Waals surface area contributed by atoms with Gasteiger partial charge in [0.25, 0.3) is 0 Å². The van der Waals surface area contributed by atoms with Crippen LogP contribution in [0.4, 0.5) is 0 Å². The summed E-state index contributed by atoms with van der Waals surface area (Å²) in [5, 5.41) is 22.0. The number of esters is 2. The lowest BCUT2D eigenvalue weighted by Crippen LogP contribution is -2.25. The van der Waals surface area contributed by atoms with Gasteiger partial charge in [0.1, 0.15) is 24.2 Å². The normalized spacial score (nSPS) is 13.4. The zero-order valence-electron chi connectivity index (χ0n) is 30.4. The number of carbonyl (C=O) groups excluding carboxylic acids is 2. The van der Waals surface area contributed by atoms with E-state index in [2.05, 4.69) is 83.1 Å². The molecule has 0 aromatic heterocycles. The molecule has 0 amide bonds. The molecule has 2 aromatic rings. The number of hydrogen-bond acceptors (Lipinski definition) is 6. The van der Waals surface area contributed by atoms with Crippen LogP contribution < -0.4 is 0 Å². The van der Waals surface area contributed by atoms with Crippen LogP contribution in [0.1, 0.15) is 149 Å². The van der Waals surface area contributed by atoms with E-state index in [4.69, 9.17) is 9.47 Å². The highest BCUT2D eigenvalue weighted by Crippen LogP contribution is 2.41. The third-order valence-corrected chi connectivity index (χ3v) is 8.15. The number of benzene rings is 2. The summed E-state index contributed by atoms with van der Waals surface area (Å²) in [6.07, 6.45) is 2.25. The van der Waals surface area contributed by atoms with Gasteiger partial charge in [-0.1, -0.05) is 121 Å². The van der Waals surface area contributed by atoms with Crippen molar-refractivity contribution in [1.82, 2.24) is 0 Å². The predicted molar refractivity (Wildman–Crippen MR) is 183 cm³/mol. The minimum atomic E-state index is -0.504. The minimum Gasteiger partial charge on any atom is -0.507 e. The zero-order valence-corrected chi connectivity index (χ0v) is 30.4. The topological polar surface area (TPSA) is 93.1 Å². The average Bonchev–Trinajstić information content (AvgIpc) is 2.87. The van der Waals surface area contributed by atoms with Crippen LogP contribution in [0, 0.1) is 0 Å². The molecule has 0 saturated carbocycles. The van der Waals surface area contributed by atoms with Crippen LogP contribution >= 0.6 is 0 Å². The van der Waals surface area contributed by atoms with Gasteiger partial charge in [0.15, 0.2) is 0 Å². The molecule has 0 spiro atoms. The Balaban J connectivity index is 2.05. The first-order valence-corrected chi connectivity index (χ1v) is 16.5. The average molecular weight is 625 g/mol. The highest BCUT2D eigenvalue weighted by molar-refractivity contribution is 5.71. The van der Waals surface area contributed by atoms with Gasteiger partial charge in [-0.25, -0.2) is 0 Å². The summed E-state index contributed by atoms with van der Waals surface area (Å²) in [6.45, 7) is 26.9. The van der Waals surface area contributed by atoms with Crippen LogP contribution in [-0.4, -0.2) is 34.9 Å².